The molecule has 0 unspecified atom stereocenters. The van der Waals surface area contributed by atoms with Crippen molar-refractivity contribution in [2.75, 3.05) is 22.9 Å². The summed E-state index contributed by atoms with van der Waals surface area (Å²) in [6, 6.07) is 8.26. The molecule has 1 aromatic carbocycles. The highest BCUT2D eigenvalue weighted by Crippen LogP contribution is 2.30. The Morgan fingerprint density at radius 1 is 1.17 bits per heavy atom. The number of hydrogen-bond donors (Lipinski definition) is 0. The predicted molar refractivity (Wildman–Crippen MR) is 70.5 cm³/mol. The number of imide groups is 1. The van der Waals surface area contributed by atoms with E-state index in [1.807, 2.05) is 13.8 Å². The van der Waals surface area contributed by atoms with Gasteiger partial charge in [0.2, 0.25) is 0 Å². The van der Waals surface area contributed by atoms with Crippen LogP contribution in [0.5, 0.6) is 0 Å². The average Bonchev–Trinajstić information content (AvgIpc) is 2.71. The minimum Gasteiger partial charge on any atom is -0.370 e. The first kappa shape index (κ1) is 12.4. The van der Waals surface area contributed by atoms with E-state index < -0.39 is 0 Å². The second-order valence-electron chi connectivity index (χ2n) is 3.93. The molecule has 2 amide bonds. The standard InChI is InChI=1S/C14H15N2O2/c1-3-15(4-2)11-7-5-6-8-12(11)16-13(17)9-10-14(16)18/h6-10H,3-4H2,1-2H3. The van der Waals surface area contributed by atoms with Gasteiger partial charge in [-0.15, -0.1) is 0 Å². The molecule has 1 aliphatic heterocycles. The molecule has 0 N–H and O–H groups in total. The Morgan fingerprint density at radius 3 is 2.33 bits per heavy atom. The lowest BCUT2D eigenvalue weighted by Crippen LogP contribution is -2.32. The second-order valence-corrected chi connectivity index (χ2v) is 3.93. The summed E-state index contributed by atoms with van der Waals surface area (Å²) in [6.07, 6.45) is 2.59. The number of rotatable bonds is 4. The average molecular weight is 243 g/mol. The Bertz CT molecular complexity index is 486. The summed E-state index contributed by atoms with van der Waals surface area (Å²) in [7, 11) is 0. The van der Waals surface area contributed by atoms with Gasteiger partial charge in [-0.2, -0.15) is 0 Å². The fraction of sp³-hybridized carbons (Fsp3) is 0.286. The van der Waals surface area contributed by atoms with Crippen LogP contribution >= 0.6 is 0 Å². The van der Waals surface area contributed by atoms with Gasteiger partial charge >= 0.3 is 0 Å². The van der Waals surface area contributed by atoms with Crippen molar-refractivity contribution in [2.24, 2.45) is 0 Å². The van der Waals surface area contributed by atoms with Crippen LogP contribution in [0.1, 0.15) is 13.8 Å². The van der Waals surface area contributed by atoms with Gasteiger partial charge in [-0.3, -0.25) is 9.59 Å². The smallest absolute Gasteiger partial charge is 0.258 e. The van der Waals surface area contributed by atoms with Crippen LogP contribution in [0.4, 0.5) is 11.4 Å². The number of hydrogen-bond acceptors (Lipinski definition) is 3. The summed E-state index contributed by atoms with van der Waals surface area (Å²) >= 11 is 0. The maximum atomic E-state index is 11.7. The van der Waals surface area contributed by atoms with Crippen LogP contribution in [0, 0.1) is 6.07 Å². The van der Waals surface area contributed by atoms with E-state index in [1.165, 1.54) is 17.1 Å². The van der Waals surface area contributed by atoms with E-state index in [2.05, 4.69) is 11.0 Å². The maximum absolute atomic E-state index is 11.7. The Balaban J connectivity index is 2.45. The molecule has 0 saturated heterocycles. The van der Waals surface area contributed by atoms with E-state index in [0.717, 1.165) is 18.8 Å². The molecule has 0 bridgehead atoms. The quantitative estimate of drug-likeness (QED) is 0.757. The molecule has 2 rings (SSSR count). The van der Waals surface area contributed by atoms with Crippen molar-refractivity contribution in [1.29, 1.82) is 0 Å². The molecule has 0 atom stereocenters. The van der Waals surface area contributed by atoms with E-state index in [-0.39, 0.29) is 11.8 Å². The molecule has 0 aliphatic carbocycles. The van der Waals surface area contributed by atoms with E-state index in [1.54, 1.807) is 18.2 Å². The first-order chi connectivity index (χ1) is 8.69. The molecule has 1 aromatic rings. The SMILES string of the molecule is CCN(CC)c1c[c]ccc1N1C(=O)C=CC1=O. The predicted octanol–water partition coefficient (Wildman–Crippen LogP) is 1.76. The maximum Gasteiger partial charge on any atom is 0.258 e. The first-order valence-corrected chi connectivity index (χ1v) is 6.00. The molecule has 93 valence electrons. The normalized spacial score (nSPS) is 14.4. The Morgan fingerprint density at radius 2 is 1.78 bits per heavy atom. The summed E-state index contributed by atoms with van der Waals surface area (Å²) in [5, 5.41) is 0. The molecule has 0 spiro atoms. The summed E-state index contributed by atoms with van der Waals surface area (Å²) in [5.74, 6) is -0.584. The van der Waals surface area contributed by atoms with Crippen molar-refractivity contribution in [3.8, 4) is 0 Å². The molecule has 0 saturated carbocycles. The molecule has 4 heteroatoms. The molecule has 0 aromatic heterocycles. The minimum atomic E-state index is -0.292. The Labute approximate surface area is 106 Å². The van der Waals surface area contributed by atoms with Crippen molar-refractivity contribution >= 4 is 23.2 Å². The van der Waals surface area contributed by atoms with Crippen molar-refractivity contribution in [3.05, 3.63) is 36.4 Å². The van der Waals surface area contributed by atoms with E-state index in [4.69, 9.17) is 0 Å². The topological polar surface area (TPSA) is 40.6 Å². The first-order valence-electron chi connectivity index (χ1n) is 6.00. The molecule has 1 aliphatic rings. The third-order valence-corrected chi connectivity index (χ3v) is 2.97. The van der Waals surface area contributed by atoms with Gasteiger partial charge in [-0.05, 0) is 32.0 Å². The fourth-order valence-corrected chi connectivity index (χ4v) is 2.06. The van der Waals surface area contributed by atoms with Crippen molar-refractivity contribution in [2.45, 2.75) is 13.8 Å². The Kier molecular flexibility index (Phi) is 3.46. The third-order valence-electron chi connectivity index (χ3n) is 2.97. The van der Waals surface area contributed by atoms with Gasteiger partial charge in [-0.1, -0.05) is 6.07 Å². The fourth-order valence-electron chi connectivity index (χ4n) is 2.06. The minimum absolute atomic E-state index is 0.292. The van der Waals surface area contributed by atoms with Crippen LogP contribution in [0.2, 0.25) is 0 Å². The van der Waals surface area contributed by atoms with Crippen LogP contribution in [0.3, 0.4) is 0 Å². The summed E-state index contributed by atoms with van der Waals surface area (Å²) in [4.78, 5) is 26.7. The van der Waals surface area contributed by atoms with Gasteiger partial charge in [-0.25, -0.2) is 4.90 Å². The molecule has 0 fully saturated rings. The largest absolute Gasteiger partial charge is 0.370 e. The number of nitrogens with zero attached hydrogens (tertiary/aromatic N) is 2. The molecule has 4 nitrogen and oxygen atoms in total. The number of amides is 2. The summed E-state index contributed by atoms with van der Waals surface area (Å²) in [5.41, 5.74) is 1.48. The number of anilines is 2. The van der Waals surface area contributed by atoms with Crippen molar-refractivity contribution in [3.63, 3.8) is 0 Å². The summed E-state index contributed by atoms with van der Waals surface area (Å²) < 4.78 is 0. The van der Waals surface area contributed by atoms with Gasteiger partial charge in [0.05, 0.1) is 11.4 Å². The van der Waals surface area contributed by atoms with Gasteiger partial charge in [0.15, 0.2) is 0 Å². The Hall–Kier alpha value is -2.10. The van der Waals surface area contributed by atoms with Crippen molar-refractivity contribution in [1.82, 2.24) is 0 Å². The molecular weight excluding hydrogens is 228 g/mol. The monoisotopic (exact) mass is 243 g/mol. The van der Waals surface area contributed by atoms with Gasteiger partial charge < -0.3 is 4.90 Å². The second kappa shape index (κ2) is 5.04. The zero-order chi connectivity index (χ0) is 13.1. The van der Waals surface area contributed by atoms with Crippen LogP contribution in [-0.2, 0) is 9.59 Å². The van der Waals surface area contributed by atoms with Crippen LogP contribution in [-0.4, -0.2) is 24.9 Å². The number of carbonyl (C=O) groups excluding carboxylic acids is 2. The third kappa shape index (κ3) is 2.01. The molecular formula is C14H15N2O2. The van der Waals surface area contributed by atoms with E-state index in [9.17, 15) is 9.59 Å². The zero-order valence-electron chi connectivity index (χ0n) is 10.5. The highest BCUT2D eigenvalue weighted by Gasteiger charge is 2.27. The van der Waals surface area contributed by atoms with Crippen LogP contribution in [0.15, 0.2) is 30.4 Å². The highest BCUT2D eigenvalue weighted by molar-refractivity contribution is 6.29. The number of carbonyl (C=O) groups is 2. The lowest BCUT2D eigenvalue weighted by atomic mass is 10.2. The van der Waals surface area contributed by atoms with Crippen LogP contribution < -0.4 is 9.80 Å². The van der Waals surface area contributed by atoms with E-state index >= 15 is 0 Å². The lowest BCUT2D eigenvalue weighted by molar-refractivity contribution is -0.119. The van der Waals surface area contributed by atoms with Crippen molar-refractivity contribution < 1.29 is 9.59 Å². The highest BCUT2D eigenvalue weighted by atomic mass is 16.2. The van der Waals surface area contributed by atoms with Gasteiger partial charge in [0.1, 0.15) is 0 Å². The molecule has 1 radical (unpaired) electrons. The van der Waals surface area contributed by atoms with Gasteiger partial charge in [0.25, 0.3) is 11.8 Å². The van der Waals surface area contributed by atoms with E-state index in [0.29, 0.717) is 5.69 Å². The zero-order valence-corrected chi connectivity index (χ0v) is 10.5. The summed E-state index contributed by atoms with van der Waals surface area (Å²) in [6.45, 7) is 5.69. The molecule has 1 heterocycles. The van der Waals surface area contributed by atoms with Gasteiger partial charge in [0, 0.05) is 25.2 Å². The van der Waals surface area contributed by atoms with Crippen LogP contribution in [0.25, 0.3) is 0 Å². The lowest BCUT2D eigenvalue weighted by Gasteiger charge is -2.26. The number of benzene rings is 1. The molecule has 18 heavy (non-hydrogen) atoms.